The molecule has 1 fully saturated rings. The van der Waals surface area contributed by atoms with Crippen LogP contribution < -0.4 is 15.8 Å². The highest BCUT2D eigenvalue weighted by Crippen LogP contribution is 2.35. The van der Waals surface area contributed by atoms with E-state index in [9.17, 15) is 22.4 Å². The molecule has 1 aliphatic rings. The lowest BCUT2D eigenvalue weighted by atomic mass is 9.90. The lowest BCUT2D eigenvalue weighted by molar-refractivity contribution is -0.119. The Balaban J connectivity index is 1.43. The number of rotatable bonds is 11. The van der Waals surface area contributed by atoms with Crippen LogP contribution in [0.5, 0.6) is 0 Å². The lowest BCUT2D eigenvalue weighted by Gasteiger charge is -2.44. The minimum Gasteiger partial charge on any atom is -0.368 e. The number of hydrogen-bond acceptors (Lipinski definition) is 5. The number of hydrogen-bond donors (Lipinski definition) is 3. The van der Waals surface area contributed by atoms with Crippen molar-refractivity contribution in [1.82, 2.24) is 10.2 Å². The summed E-state index contributed by atoms with van der Waals surface area (Å²) in [5, 5.41) is 2.44. The van der Waals surface area contributed by atoms with Gasteiger partial charge in [0, 0.05) is 24.6 Å². The maximum absolute atomic E-state index is 14.3. The first-order valence-electron chi connectivity index (χ1n) is 13.2. The van der Waals surface area contributed by atoms with E-state index in [1.54, 1.807) is 6.92 Å². The second-order valence-electron chi connectivity index (χ2n) is 10.5. The molecular formula is C30H35FN4O4S. The third-order valence-corrected chi connectivity index (χ3v) is 8.54. The molecule has 4 N–H and O–H groups in total. The molecule has 212 valence electrons. The predicted octanol–water partition coefficient (Wildman–Crippen LogP) is 3.90. The molecule has 0 radical (unpaired) electrons. The Morgan fingerprint density at radius 3 is 2.02 bits per heavy atom. The predicted molar refractivity (Wildman–Crippen MR) is 154 cm³/mol. The summed E-state index contributed by atoms with van der Waals surface area (Å²) in [6.07, 6.45) is 0.267. The highest BCUT2D eigenvalue weighted by Gasteiger charge is 2.36. The fourth-order valence-corrected chi connectivity index (χ4v) is 6.36. The molecule has 40 heavy (non-hydrogen) atoms. The highest BCUT2D eigenvalue weighted by atomic mass is 32.2. The number of primary amides is 1. The number of nitrogens with one attached hydrogen (secondary N) is 2. The third kappa shape index (κ3) is 7.25. The Bertz CT molecular complexity index is 1430. The average molecular weight is 567 g/mol. The van der Waals surface area contributed by atoms with E-state index in [1.807, 2.05) is 13.8 Å². The second-order valence-corrected chi connectivity index (χ2v) is 12.3. The quantitative estimate of drug-likeness (QED) is 0.325. The molecule has 4 rings (SSSR count). The van der Waals surface area contributed by atoms with Gasteiger partial charge in [-0.15, -0.1) is 0 Å². The summed E-state index contributed by atoms with van der Waals surface area (Å²) in [6.45, 7) is 6.91. The number of carbonyl (C=O) groups is 2. The monoisotopic (exact) mass is 566 g/mol. The molecule has 3 aromatic rings. The average Bonchev–Trinajstić information content (AvgIpc) is 2.86. The van der Waals surface area contributed by atoms with E-state index < -0.39 is 33.7 Å². The van der Waals surface area contributed by atoms with Gasteiger partial charge in [-0.05, 0) is 49.6 Å². The van der Waals surface area contributed by atoms with Gasteiger partial charge in [0.1, 0.15) is 11.9 Å². The van der Waals surface area contributed by atoms with Crippen LogP contribution in [0.15, 0.2) is 66.7 Å². The number of likely N-dealkylation sites (tertiary alicyclic amines) is 1. The van der Waals surface area contributed by atoms with Crippen LogP contribution in [0.2, 0.25) is 0 Å². The molecule has 3 aromatic carbocycles. The van der Waals surface area contributed by atoms with Gasteiger partial charge < -0.3 is 11.1 Å². The molecule has 0 spiro atoms. The van der Waals surface area contributed by atoms with Crippen molar-refractivity contribution in [2.75, 3.05) is 23.6 Å². The maximum Gasteiger partial charge on any atom is 0.252 e. The smallest absolute Gasteiger partial charge is 0.252 e. The number of aryl methyl sites for hydroxylation is 2. The van der Waals surface area contributed by atoms with E-state index in [0.717, 1.165) is 23.3 Å². The molecule has 0 aliphatic carbocycles. The van der Waals surface area contributed by atoms with Crippen LogP contribution in [-0.4, -0.2) is 50.0 Å². The molecule has 1 atom stereocenters. The van der Waals surface area contributed by atoms with Crippen molar-refractivity contribution in [3.05, 3.63) is 100 Å². The number of nitrogens with zero attached hydrogens (tertiary/aromatic N) is 1. The number of benzene rings is 3. The van der Waals surface area contributed by atoms with Crippen molar-refractivity contribution in [3.8, 4) is 0 Å². The fraction of sp³-hybridized carbons (Fsp3) is 0.333. The van der Waals surface area contributed by atoms with Crippen LogP contribution in [0.3, 0.4) is 0 Å². The van der Waals surface area contributed by atoms with E-state index >= 15 is 0 Å². The number of halogens is 1. The molecule has 0 unspecified atom stereocenters. The first-order chi connectivity index (χ1) is 18.9. The second kappa shape index (κ2) is 12.2. The number of amides is 2. The molecule has 10 heteroatoms. The van der Waals surface area contributed by atoms with Crippen molar-refractivity contribution < 1.29 is 22.4 Å². The summed E-state index contributed by atoms with van der Waals surface area (Å²) >= 11 is 0. The first-order valence-corrected chi connectivity index (χ1v) is 14.9. The number of nitrogens with two attached hydrogens (primary N) is 1. The van der Waals surface area contributed by atoms with Gasteiger partial charge in [0.25, 0.3) is 5.91 Å². The minimum atomic E-state index is -3.83. The molecule has 8 nitrogen and oxygen atoms in total. The van der Waals surface area contributed by atoms with Gasteiger partial charge in [-0.1, -0.05) is 66.6 Å². The Morgan fingerprint density at radius 1 is 0.975 bits per heavy atom. The van der Waals surface area contributed by atoms with Crippen LogP contribution >= 0.6 is 0 Å². The van der Waals surface area contributed by atoms with E-state index in [0.29, 0.717) is 13.1 Å². The first kappa shape index (κ1) is 29.2. The fourth-order valence-electron chi connectivity index (χ4n) is 4.96. The summed E-state index contributed by atoms with van der Waals surface area (Å²) in [6, 6.07) is 19.0. The molecule has 2 amide bonds. The van der Waals surface area contributed by atoms with Gasteiger partial charge >= 0.3 is 0 Å². The topological polar surface area (TPSA) is 122 Å². The number of sulfonamides is 1. The SMILES string of the molecule is CC[C@H](NC(=O)c1cc(F)cc(NS(=O)(=O)CC2CN(C(c3ccc(C)cc3)c3ccc(C)cc3)C2)c1)C(N)=O. The van der Waals surface area contributed by atoms with Gasteiger partial charge in [0.15, 0.2) is 0 Å². The van der Waals surface area contributed by atoms with Crippen LogP contribution in [0, 0.1) is 25.6 Å². The molecule has 0 aromatic heterocycles. The van der Waals surface area contributed by atoms with Crippen LogP contribution in [0.1, 0.15) is 52.0 Å². The van der Waals surface area contributed by atoms with Gasteiger partial charge in [-0.25, -0.2) is 12.8 Å². The van der Waals surface area contributed by atoms with Crippen molar-refractivity contribution >= 4 is 27.5 Å². The maximum atomic E-state index is 14.3. The summed E-state index contributed by atoms with van der Waals surface area (Å²) in [5.74, 6) is -2.48. The summed E-state index contributed by atoms with van der Waals surface area (Å²) in [5.41, 5.74) is 9.70. The zero-order valence-electron chi connectivity index (χ0n) is 22.9. The highest BCUT2D eigenvalue weighted by molar-refractivity contribution is 7.92. The standard InChI is InChI=1S/C30H35FN4O4S/c1-4-27(29(32)36)33-30(37)24-13-25(31)15-26(14-24)34-40(38,39)18-21-16-35(17-21)28(22-9-5-19(2)6-10-22)23-11-7-20(3)8-12-23/h5-15,21,27-28,34H,4,16-18H2,1-3H3,(H2,32,36)(H,33,37)/t27-/m0/s1. The van der Waals surface area contributed by atoms with E-state index in [2.05, 4.69) is 63.5 Å². The third-order valence-electron chi connectivity index (χ3n) is 7.08. The number of carbonyl (C=O) groups excluding carboxylic acids is 2. The molecule has 1 saturated heterocycles. The van der Waals surface area contributed by atoms with Crippen LogP contribution in [0.25, 0.3) is 0 Å². The zero-order valence-corrected chi connectivity index (χ0v) is 23.7. The molecule has 0 bridgehead atoms. The van der Waals surface area contributed by atoms with Crippen LogP contribution in [-0.2, 0) is 14.8 Å². The number of anilines is 1. The summed E-state index contributed by atoms with van der Waals surface area (Å²) in [7, 11) is -3.83. The van der Waals surface area contributed by atoms with Crippen molar-refractivity contribution in [3.63, 3.8) is 0 Å². The van der Waals surface area contributed by atoms with Gasteiger partial charge in [0.2, 0.25) is 15.9 Å². The zero-order chi connectivity index (χ0) is 29.0. The van der Waals surface area contributed by atoms with Gasteiger partial charge in [-0.3, -0.25) is 19.2 Å². The summed E-state index contributed by atoms with van der Waals surface area (Å²) in [4.78, 5) is 26.2. The summed E-state index contributed by atoms with van der Waals surface area (Å²) < 4.78 is 42.7. The molecule has 0 saturated carbocycles. The van der Waals surface area contributed by atoms with Gasteiger partial charge in [-0.2, -0.15) is 0 Å². The Hall–Kier alpha value is -3.76. The van der Waals surface area contributed by atoms with Crippen molar-refractivity contribution in [2.45, 2.75) is 39.3 Å². The van der Waals surface area contributed by atoms with Gasteiger partial charge in [0.05, 0.1) is 17.5 Å². The van der Waals surface area contributed by atoms with Crippen LogP contribution in [0.4, 0.5) is 10.1 Å². The molecule has 1 heterocycles. The molecular weight excluding hydrogens is 531 g/mol. The van der Waals surface area contributed by atoms with E-state index in [4.69, 9.17) is 5.73 Å². The molecule has 1 aliphatic heterocycles. The Labute approximate surface area is 234 Å². The largest absolute Gasteiger partial charge is 0.368 e. The van der Waals surface area contributed by atoms with Crippen molar-refractivity contribution in [2.24, 2.45) is 11.7 Å². The lowest BCUT2D eigenvalue weighted by Crippen LogP contribution is -2.51. The Morgan fingerprint density at radius 2 is 1.52 bits per heavy atom. The minimum absolute atomic E-state index is 0.00440. The normalized spacial score (nSPS) is 14.9. The Kier molecular flexibility index (Phi) is 8.90. The van der Waals surface area contributed by atoms with E-state index in [1.165, 1.54) is 17.2 Å². The van der Waals surface area contributed by atoms with Crippen molar-refractivity contribution in [1.29, 1.82) is 0 Å². The van der Waals surface area contributed by atoms with E-state index in [-0.39, 0.29) is 35.4 Å².